The van der Waals surface area contributed by atoms with Gasteiger partial charge in [0.1, 0.15) is 17.7 Å². The molecule has 160 valence electrons. The van der Waals surface area contributed by atoms with Gasteiger partial charge in [-0.1, -0.05) is 30.3 Å². The minimum atomic E-state index is -0.564. The highest BCUT2D eigenvalue weighted by Gasteiger charge is 2.14. The van der Waals surface area contributed by atoms with Crippen molar-refractivity contribution in [2.75, 3.05) is 18.6 Å². The second-order valence-corrected chi connectivity index (χ2v) is 7.36. The molecular formula is C22H17IN6O3. The quantitative estimate of drug-likeness (QED) is 0.253. The van der Waals surface area contributed by atoms with Gasteiger partial charge in [-0.05, 0) is 47.2 Å². The maximum Gasteiger partial charge on any atom is 0.270 e. The van der Waals surface area contributed by atoms with Crippen LogP contribution in [-0.4, -0.2) is 29.4 Å². The standard InChI is InChI=1S/C22H17IN6O3/c1-2-31-18-11-14(10-17(23)20(18)32-9-8-24)13-26-29-22-27-19(15-6-4-3-5-7-15)16(12-25)21(30)28-22/h3-7,10-11,13H,2,9H2,1H3,(H2,27,28,29,30). The van der Waals surface area contributed by atoms with Crippen LogP contribution in [0, 0.1) is 26.2 Å². The molecule has 0 atom stereocenters. The maximum absolute atomic E-state index is 12.3. The molecule has 0 aliphatic rings. The number of hydrazone groups is 1. The fraction of sp³-hybridized carbons (Fsp3) is 0.136. The highest BCUT2D eigenvalue weighted by atomic mass is 127. The van der Waals surface area contributed by atoms with Crippen molar-refractivity contribution in [1.82, 2.24) is 9.97 Å². The molecule has 0 saturated heterocycles. The van der Waals surface area contributed by atoms with Crippen LogP contribution in [0.2, 0.25) is 0 Å². The lowest BCUT2D eigenvalue weighted by Crippen LogP contribution is -2.16. The largest absolute Gasteiger partial charge is 0.490 e. The maximum atomic E-state index is 12.3. The molecule has 0 fully saturated rings. The summed E-state index contributed by atoms with van der Waals surface area (Å²) in [6.45, 7) is 2.18. The van der Waals surface area contributed by atoms with Gasteiger partial charge in [0.15, 0.2) is 18.1 Å². The molecule has 9 nitrogen and oxygen atoms in total. The van der Waals surface area contributed by atoms with E-state index >= 15 is 0 Å². The predicted octanol–water partition coefficient (Wildman–Crippen LogP) is 3.66. The van der Waals surface area contributed by atoms with E-state index in [2.05, 4.69) is 43.1 Å². The zero-order chi connectivity index (χ0) is 22.9. The van der Waals surface area contributed by atoms with E-state index in [0.29, 0.717) is 29.2 Å². The van der Waals surface area contributed by atoms with Crippen LogP contribution in [0.4, 0.5) is 5.95 Å². The highest BCUT2D eigenvalue weighted by molar-refractivity contribution is 14.1. The van der Waals surface area contributed by atoms with Gasteiger partial charge in [0.05, 0.1) is 22.1 Å². The Hall–Kier alpha value is -3.90. The smallest absolute Gasteiger partial charge is 0.270 e. The van der Waals surface area contributed by atoms with Gasteiger partial charge in [-0.2, -0.15) is 15.6 Å². The first-order valence-electron chi connectivity index (χ1n) is 9.42. The molecule has 0 saturated carbocycles. The number of H-pyrrole nitrogens is 1. The molecule has 0 aliphatic carbocycles. The molecule has 3 rings (SSSR count). The Balaban J connectivity index is 1.88. The summed E-state index contributed by atoms with van der Waals surface area (Å²) in [6, 6.07) is 16.3. The van der Waals surface area contributed by atoms with Gasteiger partial charge in [0.2, 0.25) is 5.95 Å². The summed E-state index contributed by atoms with van der Waals surface area (Å²) in [4.78, 5) is 19.2. The third kappa shape index (κ3) is 5.42. The molecule has 3 aromatic rings. The number of ether oxygens (including phenoxy) is 2. The fourth-order valence-electron chi connectivity index (χ4n) is 2.77. The Morgan fingerprint density at radius 2 is 2.03 bits per heavy atom. The second-order valence-electron chi connectivity index (χ2n) is 6.20. The lowest BCUT2D eigenvalue weighted by molar-refractivity contribution is 0.297. The molecule has 32 heavy (non-hydrogen) atoms. The lowest BCUT2D eigenvalue weighted by Gasteiger charge is -2.12. The molecule has 1 heterocycles. The van der Waals surface area contributed by atoms with Crippen LogP contribution in [0.3, 0.4) is 0 Å². The molecule has 0 unspecified atom stereocenters. The Kier molecular flexibility index (Phi) is 7.78. The number of hydrogen-bond donors (Lipinski definition) is 2. The van der Waals surface area contributed by atoms with Gasteiger partial charge in [0, 0.05) is 5.56 Å². The summed E-state index contributed by atoms with van der Waals surface area (Å²) in [6.07, 6.45) is 1.53. The van der Waals surface area contributed by atoms with Crippen molar-refractivity contribution in [2.24, 2.45) is 5.10 Å². The third-order valence-electron chi connectivity index (χ3n) is 4.08. The highest BCUT2D eigenvalue weighted by Crippen LogP contribution is 2.33. The van der Waals surface area contributed by atoms with Gasteiger partial charge in [-0.15, -0.1) is 0 Å². The topological polar surface area (TPSA) is 136 Å². The number of rotatable bonds is 8. The monoisotopic (exact) mass is 540 g/mol. The number of nitriles is 2. The summed E-state index contributed by atoms with van der Waals surface area (Å²) >= 11 is 2.09. The lowest BCUT2D eigenvalue weighted by atomic mass is 10.1. The number of halogens is 1. The van der Waals surface area contributed by atoms with E-state index in [9.17, 15) is 10.1 Å². The molecule has 2 aromatic carbocycles. The molecule has 1 aromatic heterocycles. The summed E-state index contributed by atoms with van der Waals surface area (Å²) in [7, 11) is 0. The van der Waals surface area contributed by atoms with Crippen LogP contribution >= 0.6 is 22.6 Å². The van der Waals surface area contributed by atoms with Gasteiger partial charge >= 0.3 is 0 Å². The van der Waals surface area contributed by atoms with Gasteiger partial charge in [-0.25, -0.2) is 10.4 Å². The normalized spacial score (nSPS) is 10.4. The predicted molar refractivity (Wildman–Crippen MR) is 128 cm³/mol. The average molecular weight is 540 g/mol. The van der Waals surface area contributed by atoms with Crippen molar-refractivity contribution in [3.63, 3.8) is 0 Å². The van der Waals surface area contributed by atoms with E-state index in [-0.39, 0.29) is 23.8 Å². The van der Waals surface area contributed by atoms with Gasteiger partial charge < -0.3 is 9.47 Å². The summed E-state index contributed by atoms with van der Waals surface area (Å²) in [5.74, 6) is 1.08. The molecule has 10 heteroatoms. The third-order valence-corrected chi connectivity index (χ3v) is 4.88. The summed E-state index contributed by atoms with van der Waals surface area (Å²) in [5, 5.41) is 22.2. The molecule has 0 bridgehead atoms. The van der Waals surface area contributed by atoms with Crippen LogP contribution in [0.1, 0.15) is 18.1 Å². The Morgan fingerprint density at radius 1 is 1.25 bits per heavy atom. The van der Waals surface area contributed by atoms with Crippen LogP contribution < -0.4 is 20.5 Å². The van der Waals surface area contributed by atoms with E-state index in [4.69, 9.17) is 14.7 Å². The van der Waals surface area contributed by atoms with Crippen molar-refractivity contribution < 1.29 is 9.47 Å². The molecule has 0 amide bonds. The number of benzene rings is 2. The first kappa shape index (κ1) is 22.8. The zero-order valence-corrected chi connectivity index (χ0v) is 19.1. The van der Waals surface area contributed by atoms with E-state index < -0.39 is 5.56 Å². The molecule has 0 radical (unpaired) electrons. The molecule has 2 N–H and O–H groups in total. The number of nitrogens with zero attached hydrogens (tertiary/aromatic N) is 4. The molecule has 0 spiro atoms. The van der Waals surface area contributed by atoms with E-state index in [1.807, 2.05) is 31.2 Å². The van der Waals surface area contributed by atoms with Crippen molar-refractivity contribution in [2.45, 2.75) is 6.92 Å². The van der Waals surface area contributed by atoms with Crippen LogP contribution in [0.25, 0.3) is 11.3 Å². The summed E-state index contributed by atoms with van der Waals surface area (Å²) < 4.78 is 11.8. The minimum absolute atomic E-state index is 0.0744. The number of aromatic amines is 1. The fourth-order valence-corrected chi connectivity index (χ4v) is 3.55. The van der Waals surface area contributed by atoms with Crippen molar-refractivity contribution in [3.05, 3.63) is 67.5 Å². The van der Waals surface area contributed by atoms with Crippen LogP contribution in [0.15, 0.2) is 52.4 Å². The molecule has 0 aliphatic heterocycles. The number of nitrogens with one attached hydrogen (secondary N) is 2. The first-order chi connectivity index (χ1) is 15.6. The minimum Gasteiger partial charge on any atom is -0.490 e. The Morgan fingerprint density at radius 3 is 2.72 bits per heavy atom. The number of anilines is 1. The van der Waals surface area contributed by atoms with Crippen LogP contribution in [0.5, 0.6) is 11.5 Å². The first-order valence-corrected chi connectivity index (χ1v) is 10.5. The van der Waals surface area contributed by atoms with Crippen molar-refractivity contribution >= 4 is 34.8 Å². The van der Waals surface area contributed by atoms with Crippen molar-refractivity contribution in [3.8, 4) is 34.9 Å². The van der Waals surface area contributed by atoms with Crippen molar-refractivity contribution in [1.29, 1.82) is 10.5 Å². The number of aromatic nitrogens is 2. The van der Waals surface area contributed by atoms with Gasteiger partial charge in [-0.3, -0.25) is 9.78 Å². The second kappa shape index (κ2) is 10.9. The van der Waals surface area contributed by atoms with Gasteiger partial charge in [0.25, 0.3) is 5.56 Å². The SMILES string of the molecule is CCOc1cc(C=NNc2nc(-c3ccccc3)c(C#N)c(=O)[nH]2)cc(I)c1OCC#N. The molecular weight excluding hydrogens is 523 g/mol. The van der Waals surface area contributed by atoms with E-state index in [0.717, 1.165) is 3.57 Å². The number of hydrogen-bond acceptors (Lipinski definition) is 8. The Bertz CT molecular complexity index is 1280. The van der Waals surface area contributed by atoms with Crippen LogP contribution in [-0.2, 0) is 0 Å². The van der Waals surface area contributed by atoms with E-state index in [1.165, 1.54) is 6.21 Å². The zero-order valence-electron chi connectivity index (χ0n) is 16.9. The Labute approximate surface area is 197 Å². The average Bonchev–Trinajstić information content (AvgIpc) is 2.79. The summed E-state index contributed by atoms with van der Waals surface area (Å²) in [5.41, 5.74) is 3.67. The van der Waals surface area contributed by atoms with E-state index in [1.54, 1.807) is 30.3 Å².